The zero-order chi connectivity index (χ0) is 23.5. The van der Waals surface area contributed by atoms with Gasteiger partial charge in [0.15, 0.2) is 0 Å². The molecule has 0 saturated heterocycles. The van der Waals surface area contributed by atoms with Gasteiger partial charge in [-0.2, -0.15) is 0 Å². The van der Waals surface area contributed by atoms with E-state index in [9.17, 15) is 0 Å². The molecule has 0 saturated carbocycles. The van der Waals surface area contributed by atoms with Crippen LogP contribution in [0.2, 0.25) is 0 Å². The Morgan fingerprint density at radius 1 is 0.829 bits per heavy atom. The van der Waals surface area contributed by atoms with Crippen molar-refractivity contribution >= 4 is 11.0 Å². The number of hydrogen-bond donors (Lipinski definition) is 0. The van der Waals surface area contributed by atoms with Crippen LogP contribution in [0.5, 0.6) is 0 Å². The Morgan fingerprint density at radius 3 is 2.40 bits per heavy atom. The van der Waals surface area contributed by atoms with E-state index in [1.807, 2.05) is 48.7 Å². The molecule has 3 nitrogen and oxygen atoms in total. The largest absolute Gasteiger partial charge is 0.505 e. The minimum Gasteiger partial charge on any atom is -0.505 e. The van der Waals surface area contributed by atoms with Crippen LogP contribution in [0.3, 0.4) is 0 Å². The Bertz CT molecular complexity index is 1390. The average molecular weight is 637 g/mol. The molecule has 35 heavy (non-hydrogen) atoms. The van der Waals surface area contributed by atoms with Gasteiger partial charge < -0.3 is 14.4 Å². The Labute approximate surface area is 221 Å². The Balaban J connectivity index is 0.000000189. The van der Waals surface area contributed by atoms with Crippen LogP contribution in [0.25, 0.3) is 33.5 Å². The molecule has 0 spiro atoms. The number of fused-ring (bicyclic) bond motifs is 3. The Morgan fingerprint density at radius 2 is 1.66 bits per heavy atom. The third kappa shape index (κ3) is 5.29. The molecule has 179 valence electrons. The first kappa shape index (κ1) is 25.0. The van der Waals surface area contributed by atoms with Crippen molar-refractivity contribution in [2.45, 2.75) is 46.5 Å². The molecular formula is C31H28IrN2O-2. The molecule has 0 amide bonds. The number of pyridine rings is 2. The predicted molar refractivity (Wildman–Crippen MR) is 138 cm³/mol. The number of benzene rings is 2. The first-order valence-electron chi connectivity index (χ1n) is 11.9. The SMILES string of the molecule is Cc1cnc(-c2[c-]cc(C)c3c4c(oc23)CCCC4)cc1C.[Ir].[c-]1ccccc1-c1ccccn1. The molecule has 3 heterocycles. The van der Waals surface area contributed by atoms with E-state index in [-0.39, 0.29) is 20.1 Å². The van der Waals surface area contributed by atoms with Crippen LogP contribution >= 0.6 is 0 Å². The summed E-state index contributed by atoms with van der Waals surface area (Å²) in [4.78, 5) is 8.82. The van der Waals surface area contributed by atoms with E-state index in [0.717, 1.165) is 40.9 Å². The van der Waals surface area contributed by atoms with E-state index in [1.165, 1.54) is 46.2 Å². The molecule has 1 aliphatic rings. The fourth-order valence-corrected chi connectivity index (χ4v) is 4.50. The summed E-state index contributed by atoms with van der Waals surface area (Å²) in [6, 6.07) is 24.4. The van der Waals surface area contributed by atoms with Crippen molar-refractivity contribution in [3.63, 3.8) is 0 Å². The number of aromatic nitrogens is 2. The summed E-state index contributed by atoms with van der Waals surface area (Å²) in [7, 11) is 0. The van der Waals surface area contributed by atoms with E-state index in [0.29, 0.717) is 0 Å². The van der Waals surface area contributed by atoms with Crippen molar-refractivity contribution in [3.8, 4) is 22.5 Å². The van der Waals surface area contributed by atoms with Crippen molar-refractivity contribution in [3.05, 3.63) is 107 Å². The Kier molecular flexibility index (Phi) is 7.95. The van der Waals surface area contributed by atoms with Gasteiger partial charge >= 0.3 is 0 Å². The summed E-state index contributed by atoms with van der Waals surface area (Å²) in [6.07, 6.45) is 8.41. The Hall–Kier alpha value is -3.07. The fourth-order valence-electron chi connectivity index (χ4n) is 4.50. The number of aryl methyl sites for hydroxylation is 5. The van der Waals surface area contributed by atoms with Crippen LogP contribution in [0, 0.1) is 32.9 Å². The number of rotatable bonds is 2. The molecule has 0 bridgehead atoms. The number of nitrogens with zero attached hydrogens (tertiary/aromatic N) is 2. The van der Waals surface area contributed by atoms with E-state index in [1.54, 1.807) is 6.20 Å². The third-order valence-corrected chi connectivity index (χ3v) is 6.50. The minimum absolute atomic E-state index is 0. The molecule has 1 radical (unpaired) electrons. The molecule has 0 atom stereocenters. The van der Waals surface area contributed by atoms with E-state index in [2.05, 4.69) is 55.0 Å². The second kappa shape index (κ2) is 11.1. The predicted octanol–water partition coefficient (Wildman–Crippen LogP) is 7.65. The normalized spacial score (nSPS) is 12.3. The van der Waals surface area contributed by atoms with Crippen LogP contribution < -0.4 is 0 Å². The summed E-state index contributed by atoms with van der Waals surface area (Å²) < 4.78 is 6.26. The zero-order valence-electron chi connectivity index (χ0n) is 20.3. The summed E-state index contributed by atoms with van der Waals surface area (Å²) in [5.41, 5.74) is 10.1. The summed E-state index contributed by atoms with van der Waals surface area (Å²) in [5.74, 6) is 1.18. The van der Waals surface area contributed by atoms with Crippen LogP contribution in [0.4, 0.5) is 0 Å². The maximum Gasteiger partial charge on any atom is 0.0930 e. The van der Waals surface area contributed by atoms with Crippen molar-refractivity contribution in [2.75, 3.05) is 0 Å². The van der Waals surface area contributed by atoms with Gasteiger partial charge in [0.1, 0.15) is 0 Å². The van der Waals surface area contributed by atoms with Gasteiger partial charge in [0, 0.05) is 38.9 Å². The van der Waals surface area contributed by atoms with Gasteiger partial charge in [0.2, 0.25) is 0 Å². The van der Waals surface area contributed by atoms with Gasteiger partial charge in [0.25, 0.3) is 0 Å². The standard InChI is InChI=1S/C20H20NO.C11H8N.Ir/c1-12-8-9-15(17-10-13(2)14(3)11-21-17)20-19(12)16-6-4-5-7-18(16)22-20;1-2-6-10(7-3-1)11-8-4-5-9-12-11;/h8,10-11H,4-7H2,1-3H3;1-6,8-9H;/q2*-1;. The van der Waals surface area contributed by atoms with E-state index < -0.39 is 0 Å². The first-order chi connectivity index (χ1) is 16.6. The second-order valence-corrected chi connectivity index (χ2v) is 8.91. The van der Waals surface area contributed by atoms with Gasteiger partial charge in [-0.1, -0.05) is 41.6 Å². The summed E-state index contributed by atoms with van der Waals surface area (Å²) in [5, 5.41) is 1.29. The molecule has 5 aromatic rings. The molecule has 1 aliphatic carbocycles. The molecule has 0 aliphatic heterocycles. The van der Waals surface area contributed by atoms with Crippen LogP contribution in [-0.2, 0) is 32.9 Å². The van der Waals surface area contributed by atoms with Gasteiger partial charge in [-0.05, 0) is 61.7 Å². The summed E-state index contributed by atoms with van der Waals surface area (Å²) >= 11 is 0. The fraction of sp³-hybridized carbons (Fsp3) is 0.226. The molecule has 0 N–H and O–H groups in total. The zero-order valence-corrected chi connectivity index (χ0v) is 22.7. The number of hydrogen-bond acceptors (Lipinski definition) is 3. The molecule has 2 aromatic carbocycles. The molecule has 0 unspecified atom stereocenters. The third-order valence-electron chi connectivity index (χ3n) is 6.50. The van der Waals surface area contributed by atoms with Gasteiger partial charge in [-0.3, -0.25) is 0 Å². The molecule has 0 fully saturated rings. The van der Waals surface area contributed by atoms with Crippen molar-refractivity contribution < 1.29 is 24.5 Å². The molecule has 6 rings (SSSR count). The van der Waals surface area contributed by atoms with Crippen LogP contribution in [-0.4, -0.2) is 9.97 Å². The van der Waals surface area contributed by atoms with Crippen LogP contribution in [0.15, 0.2) is 71.4 Å². The maximum absolute atomic E-state index is 6.26. The van der Waals surface area contributed by atoms with Crippen molar-refractivity contribution in [2.24, 2.45) is 0 Å². The van der Waals surface area contributed by atoms with Gasteiger partial charge in [0.05, 0.1) is 11.3 Å². The first-order valence-corrected chi connectivity index (χ1v) is 11.9. The van der Waals surface area contributed by atoms with Crippen molar-refractivity contribution in [1.82, 2.24) is 9.97 Å². The average Bonchev–Trinajstić information content (AvgIpc) is 3.28. The quantitative estimate of drug-likeness (QED) is 0.187. The summed E-state index contributed by atoms with van der Waals surface area (Å²) in [6.45, 7) is 6.37. The number of furan rings is 1. The smallest absolute Gasteiger partial charge is 0.0930 e. The van der Waals surface area contributed by atoms with E-state index in [4.69, 9.17) is 4.42 Å². The second-order valence-electron chi connectivity index (χ2n) is 8.91. The molecule has 4 heteroatoms. The minimum atomic E-state index is 0. The topological polar surface area (TPSA) is 38.9 Å². The van der Waals surface area contributed by atoms with Gasteiger partial charge in [-0.15, -0.1) is 53.6 Å². The van der Waals surface area contributed by atoms with Gasteiger partial charge in [-0.25, -0.2) is 0 Å². The molecular weight excluding hydrogens is 609 g/mol. The van der Waals surface area contributed by atoms with E-state index >= 15 is 0 Å². The molecule has 3 aromatic heterocycles. The van der Waals surface area contributed by atoms with Crippen molar-refractivity contribution in [1.29, 1.82) is 0 Å². The monoisotopic (exact) mass is 637 g/mol. The van der Waals surface area contributed by atoms with Crippen LogP contribution in [0.1, 0.15) is 40.9 Å². The maximum atomic E-state index is 6.26.